The first-order valence-electron chi connectivity index (χ1n) is 7.55. The summed E-state index contributed by atoms with van der Waals surface area (Å²) < 4.78 is 53.7. The molecular weight excluding hydrogens is 350 g/mol. The first kappa shape index (κ1) is 17.7. The average Bonchev–Trinajstić information content (AvgIpc) is 2.95. The Morgan fingerprint density at radius 1 is 1.12 bits per heavy atom. The highest BCUT2D eigenvalue weighted by atomic mass is 19.4. The third-order valence-corrected chi connectivity index (χ3v) is 3.80. The van der Waals surface area contributed by atoms with Crippen LogP contribution in [0, 0.1) is 12.7 Å². The fraction of sp³-hybridized carbons (Fsp3) is 0.111. The fourth-order valence-corrected chi connectivity index (χ4v) is 2.43. The summed E-state index contributed by atoms with van der Waals surface area (Å²) in [5.41, 5.74) is -0.212. The molecule has 0 saturated carbocycles. The second-order valence-corrected chi connectivity index (χ2v) is 5.54. The van der Waals surface area contributed by atoms with E-state index in [0.717, 1.165) is 5.69 Å². The van der Waals surface area contributed by atoms with E-state index in [4.69, 9.17) is 0 Å². The number of nitrogens with one attached hydrogen (secondary N) is 1. The van der Waals surface area contributed by atoms with Crippen molar-refractivity contribution in [1.29, 1.82) is 0 Å². The maximum Gasteiger partial charge on any atom is 0.416 e. The van der Waals surface area contributed by atoms with E-state index in [-0.39, 0.29) is 5.69 Å². The van der Waals surface area contributed by atoms with E-state index in [2.05, 4.69) is 10.4 Å². The molecule has 3 aromatic rings. The van der Waals surface area contributed by atoms with Crippen LogP contribution < -0.4 is 5.32 Å². The lowest BCUT2D eigenvalue weighted by Crippen LogP contribution is -2.16. The average molecular weight is 363 g/mol. The molecule has 26 heavy (non-hydrogen) atoms. The number of hydrogen-bond donors (Lipinski definition) is 1. The molecule has 8 heteroatoms. The van der Waals surface area contributed by atoms with Gasteiger partial charge in [0.1, 0.15) is 5.82 Å². The number of aromatic nitrogens is 2. The second-order valence-electron chi connectivity index (χ2n) is 5.54. The maximum absolute atomic E-state index is 13.8. The van der Waals surface area contributed by atoms with Gasteiger partial charge in [-0.1, -0.05) is 18.2 Å². The summed E-state index contributed by atoms with van der Waals surface area (Å²) in [6, 6.07) is 10.8. The Balaban J connectivity index is 1.89. The molecule has 134 valence electrons. The SMILES string of the molecule is Cc1c(NC(=O)c2cc(C(F)(F)F)ccc2F)cnn1-c1ccccc1. The molecule has 0 radical (unpaired) electrons. The largest absolute Gasteiger partial charge is 0.416 e. The van der Waals surface area contributed by atoms with Crippen LogP contribution in [-0.4, -0.2) is 15.7 Å². The van der Waals surface area contributed by atoms with Gasteiger partial charge in [0.05, 0.1) is 34.4 Å². The minimum absolute atomic E-state index is 0.274. The zero-order chi connectivity index (χ0) is 18.9. The molecule has 2 aromatic carbocycles. The van der Waals surface area contributed by atoms with E-state index < -0.39 is 29.0 Å². The van der Waals surface area contributed by atoms with Gasteiger partial charge >= 0.3 is 6.18 Å². The Kier molecular flexibility index (Phi) is 4.50. The predicted molar refractivity (Wildman–Crippen MR) is 87.7 cm³/mol. The van der Waals surface area contributed by atoms with E-state index in [0.29, 0.717) is 23.9 Å². The molecule has 0 aliphatic heterocycles. The molecule has 1 aromatic heterocycles. The first-order valence-corrected chi connectivity index (χ1v) is 7.55. The number of benzene rings is 2. The third kappa shape index (κ3) is 3.44. The molecule has 0 aliphatic rings. The van der Waals surface area contributed by atoms with Gasteiger partial charge in [-0.25, -0.2) is 9.07 Å². The molecule has 0 atom stereocenters. The number of anilines is 1. The highest BCUT2D eigenvalue weighted by Crippen LogP contribution is 2.30. The van der Waals surface area contributed by atoms with Crippen molar-refractivity contribution in [3.63, 3.8) is 0 Å². The normalized spacial score (nSPS) is 11.4. The lowest BCUT2D eigenvalue weighted by molar-refractivity contribution is -0.137. The Hall–Kier alpha value is -3.16. The summed E-state index contributed by atoms with van der Waals surface area (Å²) in [4.78, 5) is 12.3. The van der Waals surface area contributed by atoms with Crippen molar-refractivity contribution in [2.75, 3.05) is 5.32 Å². The molecule has 3 rings (SSSR count). The topological polar surface area (TPSA) is 46.9 Å². The number of rotatable bonds is 3. The van der Waals surface area contributed by atoms with E-state index in [9.17, 15) is 22.4 Å². The first-order chi connectivity index (χ1) is 12.3. The van der Waals surface area contributed by atoms with Crippen molar-refractivity contribution in [2.45, 2.75) is 13.1 Å². The quantitative estimate of drug-likeness (QED) is 0.692. The van der Waals surface area contributed by atoms with Crippen molar-refractivity contribution in [3.05, 3.63) is 77.4 Å². The van der Waals surface area contributed by atoms with E-state index in [1.165, 1.54) is 6.20 Å². The second kappa shape index (κ2) is 6.62. The zero-order valence-electron chi connectivity index (χ0n) is 13.5. The van der Waals surface area contributed by atoms with Gasteiger partial charge in [-0.15, -0.1) is 0 Å². The molecule has 0 fully saturated rings. The summed E-state index contributed by atoms with van der Waals surface area (Å²) in [5.74, 6) is -2.02. The summed E-state index contributed by atoms with van der Waals surface area (Å²) in [5, 5.41) is 6.55. The molecule has 4 nitrogen and oxygen atoms in total. The van der Waals surface area contributed by atoms with Gasteiger partial charge in [0.25, 0.3) is 5.91 Å². The molecule has 0 saturated heterocycles. The standard InChI is InChI=1S/C18H13F4N3O/c1-11-16(10-23-25(11)13-5-3-2-4-6-13)24-17(26)14-9-12(18(20,21)22)7-8-15(14)19/h2-10H,1H3,(H,24,26). The number of amides is 1. The summed E-state index contributed by atoms with van der Waals surface area (Å²) >= 11 is 0. The molecule has 1 heterocycles. The van der Waals surface area contributed by atoms with E-state index in [1.807, 2.05) is 18.2 Å². The van der Waals surface area contributed by atoms with Crippen LogP contribution in [0.2, 0.25) is 0 Å². The van der Waals surface area contributed by atoms with Gasteiger partial charge in [-0.2, -0.15) is 18.3 Å². The van der Waals surface area contributed by atoms with Crippen LogP contribution in [0.15, 0.2) is 54.7 Å². The number of hydrogen-bond acceptors (Lipinski definition) is 2. The summed E-state index contributed by atoms with van der Waals surface area (Å²) in [7, 11) is 0. The fourth-order valence-electron chi connectivity index (χ4n) is 2.43. The maximum atomic E-state index is 13.8. The number of carbonyl (C=O) groups is 1. The Morgan fingerprint density at radius 3 is 2.46 bits per heavy atom. The molecule has 1 N–H and O–H groups in total. The number of nitrogens with zero attached hydrogens (tertiary/aromatic N) is 2. The number of carbonyl (C=O) groups excluding carboxylic acids is 1. The van der Waals surface area contributed by atoms with Crippen molar-refractivity contribution in [2.24, 2.45) is 0 Å². The predicted octanol–water partition coefficient (Wildman–Crippen LogP) is 4.59. The van der Waals surface area contributed by atoms with Gasteiger partial charge in [-0.3, -0.25) is 4.79 Å². The summed E-state index contributed by atoms with van der Waals surface area (Å²) in [6.45, 7) is 1.68. The minimum Gasteiger partial charge on any atom is -0.319 e. The van der Waals surface area contributed by atoms with Crippen LogP contribution in [0.25, 0.3) is 5.69 Å². The van der Waals surface area contributed by atoms with Gasteiger partial charge in [0.2, 0.25) is 0 Å². The van der Waals surface area contributed by atoms with E-state index >= 15 is 0 Å². The summed E-state index contributed by atoms with van der Waals surface area (Å²) in [6.07, 6.45) is -3.32. The highest BCUT2D eigenvalue weighted by molar-refractivity contribution is 6.04. The van der Waals surface area contributed by atoms with Crippen LogP contribution in [0.1, 0.15) is 21.6 Å². The Labute approximate surface area is 146 Å². The van der Waals surface area contributed by atoms with Crippen LogP contribution in [-0.2, 0) is 6.18 Å². The van der Waals surface area contributed by atoms with Crippen molar-refractivity contribution >= 4 is 11.6 Å². The van der Waals surface area contributed by atoms with E-state index in [1.54, 1.807) is 23.7 Å². The molecule has 0 spiro atoms. The number of para-hydroxylation sites is 1. The van der Waals surface area contributed by atoms with Crippen molar-refractivity contribution in [3.8, 4) is 5.69 Å². The Morgan fingerprint density at radius 2 is 1.81 bits per heavy atom. The lowest BCUT2D eigenvalue weighted by Gasteiger charge is -2.10. The Bertz CT molecular complexity index is 949. The van der Waals surface area contributed by atoms with Gasteiger partial charge in [0, 0.05) is 0 Å². The molecular formula is C18H13F4N3O. The van der Waals surface area contributed by atoms with Gasteiger partial charge in [0.15, 0.2) is 0 Å². The number of alkyl halides is 3. The molecule has 0 aliphatic carbocycles. The van der Waals surface area contributed by atoms with Crippen LogP contribution in [0.5, 0.6) is 0 Å². The van der Waals surface area contributed by atoms with Crippen LogP contribution >= 0.6 is 0 Å². The molecule has 0 unspecified atom stereocenters. The minimum atomic E-state index is -4.67. The van der Waals surface area contributed by atoms with Gasteiger partial charge in [-0.05, 0) is 37.3 Å². The highest BCUT2D eigenvalue weighted by Gasteiger charge is 2.32. The smallest absolute Gasteiger partial charge is 0.319 e. The van der Waals surface area contributed by atoms with Gasteiger partial charge < -0.3 is 5.32 Å². The monoisotopic (exact) mass is 363 g/mol. The number of halogens is 4. The lowest BCUT2D eigenvalue weighted by atomic mass is 10.1. The van der Waals surface area contributed by atoms with Crippen LogP contribution in [0.4, 0.5) is 23.2 Å². The molecule has 1 amide bonds. The van der Waals surface area contributed by atoms with Crippen molar-refractivity contribution < 1.29 is 22.4 Å². The third-order valence-electron chi connectivity index (χ3n) is 3.80. The zero-order valence-corrected chi connectivity index (χ0v) is 13.5. The molecule has 0 bridgehead atoms. The van der Waals surface area contributed by atoms with Crippen LogP contribution in [0.3, 0.4) is 0 Å². The van der Waals surface area contributed by atoms with Crippen molar-refractivity contribution in [1.82, 2.24) is 9.78 Å².